The van der Waals surface area contributed by atoms with E-state index in [9.17, 15) is 9.18 Å². The lowest BCUT2D eigenvalue weighted by Crippen LogP contribution is -2.21. The summed E-state index contributed by atoms with van der Waals surface area (Å²) in [5.41, 5.74) is 14.7. The summed E-state index contributed by atoms with van der Waals surface area (Å²) in [6.45, 7) is 2.19. The van der Waals surface area contributed by atoms with Crippen LogP contribution in [0.5, 0.6) is 0 Å². The van der Waals surface area contributed by atoms with Crippen LogP contribution in [-0.2, 0) is 0 Å². The van der Waals surface area contributed by atoms with E-state index in [0.29, 0.717) is 11.1 Å². The number of aromatic nitrogens is 1. The monoisotopic (exact) mass is 338 g/mol. The molecule has 5 nitrogen and oxygen atoms in total. The number of hydrogen-bond acceptors (Lipinski definition) is 4. The average molecular weight is 338 g/mol. The number of rotatable bonds is 5. The van der Waals surface area contributed by atoms with Gasteiger partial charge in [0.2, 0.25) is 0 Å². The molecule has 1 amide bonds. The van der Waals surface area contributed by atoms with E-state index in [1.54, 1.807) is 24.4 Å². The maximum absolute atomic E-state index is 13.5. The number of anilines is 1. The average Bonchev–Trinajstić information content (AvgIpc) is 2.60. The van der Waals surface area contributed by atoms with Crippen LogP contribution >= 0.6 is 0 Å². The van der Waals surface area contributed by atoms with Gasteiger partial charge in [0, 0.05) is 23.8 Å². The molecule has 1 aromatic heterocycles. The van der Waals surface area contributed by atoms with Gasteiger partial charge in [0.05, 0.1) is 17.1 Å². The number of fused-ring (bicyclic) bond motifs is 1. The zero-order valence-corrected chi connectivity index (χ0v) is 13.8. The fourth-order valence-corrected chi connectivity index (χ4v) is 2.89. The lowest BCUT2D eigenvalue weighted by atomic mass is 10.0. The molecule has 2 aromatic carbocycles. The minimum atomic E-state index is -0.534. The summed E-state index contributed by atoms with van der Waals surface area (Å²) in [7, 11) is 0. The van der Waals surface area contributed by atoms with Crippen LogP contribution in [0.25, 0.3) is 10.9 Å². The van der Waals surface area contributed by atoms with Crippen LogP contribution in [-0.4, -0.2) is 17.4 Å². The molecule has 0 unspecified atom stereocenters. The minimum Gasteiger partial charge on any atom is -0.376 e. The Morgan fingerprint density at radius 1 is 1.28 bits per heavy atom. The highest BCUT2D eigenvalue weighted by Crippen LogP contribution is 2.30. The van der Waals surface area contributed by atoms with Gasteiger partial charge < -0.3 is 16.8 Å². The fraction of sp³-hybridized carbons (Fsp3) is 0.158. The zero-order chi connectivity index (χ0) is 18.0. The van der Waals surface area contributed by atoms with Crippen molar-refractivity contribution in [1.82, 2.24) is 4.98 Å². The van der Waals surface area contributed by atoms with E-state index in [1.165, 1.54) is 12.1 Å². The zero-order valence-electron chi connectivity index (χ0n) is 13.8. The second-order valence-electron chi connectivity index (χ2n) is 5.87. The Labute approximate surface area is 144 Å². The lowest BCUT2D eigenvalue weighted by molar-refractivity contribution is 0.100. The molecule has 0 radical (unpaired) electrons. The molecule has 0 aliphatic carbocycles. The smallest absolute Gasteiger partial charge is 0.250 e. The molecule has 3 aromatic rings. The Kier molecular flexibility index (Phi) is 4.63. The predicted molar refractivity (Wildman–Crippen MR) is 96.8 cm³/mol. The van der Waals surface area contributed by atoms with E-state index in [2.05, 4.69) is 10.3 Å². The topological polar surface area (TPSA) is 94.0 Å². The predicted octanol–water partition coefficient (Wildman–Crippen LogP) is 2.89. The number of carbonyl (C=O) groups excluding carboxylic acids is 1. The summed E-state index contributed by atoms with van der Waals surface area (Å²) in [6.07, 6.45) is 1.68. The third kappa shape index (κ3) is 3.29. The van der Waals surface area contributed by atoms with Crippen LogP contribution < -0.4 is 16.8 Å². The van der Waals surface area contributed by atoms with Gasteiger partial charge in [0.25, 0.3) is 5.91 Å². The molecule has 0 aliphatic rings. The van der Waals surface area contributed by atoms with E-state index in [0.717, 1.165) is 22.2 Å². The number of aryl methyl sites for hydroxylation is 1. The van der Waals surface area contributed by atoms with E-state index >= 15 is 0 Å². The fourth-order valence-electron chi connectivity index (χ4n) is 2.89. The lowest BCUT2D eigenvalue weighted by Gasteiger charge is -2.21. The number of carbonyl (C=O) groups is 1. The molecule has 5 N–H and O–H groups in total. The molecule has 128 valence electrons. The second kappa shape index (κ2) is 6.86. The van der Waals surface area contributed by atoms with Crippen molar-refractivity contribution in [2.24, 2.45) is 11.5 Å². The first-order valence-corrected chi connectivity index (χ1v) is 7.91. The number of primary amides is 1. The number of nitrogens with one attached hydrogen (secondary N) is 1. The van der Waals surface area contributed by atoms with Gasteiger partial charge in [-0.1, -0.05) is 24.3 Å². The largest absolute Gasteiger partial charge is 0.376 e. The summed E-state index contributed by atoms with van der Waals surface area (Å²) >= 11 is 0. The van der Waals surface area contributed by atoms with Gasteiger partial charge in [-0.2, -0.15) is 0 Å². The third-order valence-corrected chi connectivity index (χ3v) is 4.16. The van der Waals surface area contributed by atoms with Crippen molar-refractivity contribution in [3.63, 3.8) is 0 Å². The van der Waals surface area contributed by atoms with E-state index in [-0.39, 0.29) is 18.4 Å². The van der Waals surface area contributed by atoms with Gasteiger partial charge in [-0.3, -0.25) is 9.78 Å². The SMILES string of the molecule is Cc1cnc2c(C(N)=O)cccc2c1N[C@H](CN)c1cccc(F)c1. The molecule has 1 atom stereocenters. The van der Waals surface area contributed by atoms with Crippen molar-refractivity contribution >= 4 is 22.5 Å². The summed E-state index contributed by atoms with van der Waals surface area (Å²) in [6, 6.07) is 11.3. The summed E-state index contributed by atoms with van der Waals surface area (Å²) in [5, 5.41) is 4.14. The third-order valence-electron chi connectivity index (χ3n) is 4.16. The second-order valence-corrected chi connectivity index (χ2v) is 5.87. The van der Waals surface area contributed by atoms with Crippen LogP contribution in [0.4, 0.5) is 10.1 Å². The van der Waals surface area contributed by atoms with Crippen molar-refractivity contribution in [2.45, 2.75) is 13.0 Å². The van der Waals surface area contributed by atoms with Gasteiger partial charge in [0.1, 0.15) is 5.82 Å². The molecule has 3 rings (SSSR count). The van der Waals surface area contributed by atoms with Gasteiger partial charge >= 0.3 is 0 Å². The van der Waals surface area contributed by atoms with Gasteiger partial charge in [-0.25, -0.2) is 4.39 Å². The number of amides is 1. The Hall–Kier alpha value is -2.99. The van der Waals surface area contributed by atoms with Crippen molar-refractivity contribution in [3.8, 4) is 0 Å². The number of halogens is 1. The molecule has 0 bridgehead atoms. The van der Waals surface area contributed by atoms with Crippen LogP contribution in [0.3, 0.4) is 0 Å². The Morgan fingerprint density at radius 2 is 2.04 bits per heavy atom. The molecule has 0 fully saturated rings. The highest BCUT2D eigenvalue weighted by Gasteiger charge is 2.16. The Morgan fingerprint density at radius 3 is 2.72 bits per heavy atom. The maximum atomic E-state index is 13.5. The van der Waals surface area contributed by atoms with Crippen molar-refractivity contribution in [3.05, 3.63) is 71.2 Å². The Balaban J connectivity index is 2.10. The number of nitrogens with two attached hydrogens (primary N) is 2. The molecule has 0 aliphatic heterocycles. The first-order chi connectivity index (χ1) is 12.0. The van der Waals surface area contributed by atoms with Crippen molar-refractivity contribution < 1.29 is 9.18 Å². The summed E-state index contributed by atoms with van der Waals surface area (Å²) < 4.78 is 13.5. The van der Waals surface area contributed by atoms with Crippen molar-refractivity contribution in [2.75, 3.05) is 11.9 Å². The standard InChI is InChI=1S/C19H19FN4O/c1-11-10-23-18-14(6-3-7-15(18)19(22)25)17(11)24-16(9-21)12-4-2-5-13(20)8-12/h2-8,10,16H,9,21H2,1H3,(H2,22,25)(H,23,24)/t16-/m1/s1. The number of para-hydroxylation sites is 1. The molecule has 25 heavy (non-hydrogen) atoms. The van der Waals surface area contributed by atoms with Crippen molar-refractivity contribution in [1.29, 1.82) is 0 Å². The summed E-state index contributed by atoms with van der Waals surface area (Å²) in [5.74, 6) is -0.849. The van der Waals surface area contributed by atoms with Gasteiger partial charge in [-0.05, 0) is 36.2 Å². The Bertz CT molecular complexity index is 942. The molecule has 1 heterocycles. The van der Waals surface area contributed by atoms with Crippen LogP contribution in [0.15, 0.2) is 48.7 Å². The maximum Gasteiger partial charge on any atom is 0.250 e. The van der Waals surface area contributed by atoms with E-state index in [1.807, 2.05) is 19.1 Å². The number of hydrogen-bond donors (Lipinski definition) is 3. The quantitative estimate of drug-likeness (QED) is 0.667. The van der Waals surface area contributed by atoms with Gasteiger partial charge in [0.15, 0.2) is 0 Å². The van der Waals surface area contributed by atoms with Crippen LogP contribution in [0.1, 0.15) is 27.5 Å². The van der Waals surface area contributed by atoms with E-state index < -0.39 is 5.91 Å². The molecule has 6 heteroatoms. The van der Waals surface area contributed by atoms with Gasteiger partial charge in [-0.15, -0.1) is 0 Å². The van der Waals surface area contributed by atoms with E-state index in [4.69, 9.17) is 11.5 Å². The summed E-state index contributed by atoms with van der Waals surface area (Å²) in [4.78, 5) is 16.0. The molecule has 0 saturated heterocycles. The number of pyridine rings is 1. The highest BCUT2D eigenvalue weighted by atomic mass is 19.1. The molecular weight excluding hydrogens is 319 g/mol. The normalized spacial score (nSPS) is 12.1. The molecule has 0 saturated carbocycles. The minimum absolute atomic E-state index is 0.280. The highest BCUT2D eigenvalue weighted by molar-refractivity contribution is 6.07. The number of benzene rings is 2. The molecule has 0 spiro atoms. The molecular formula is C19H19FN4O. The van der Waals surface area contributed by atoms with Crippen LogP contribution in [0, 0.1) is 12.7 Å². The van der Waals surface area contributed by atoms with Crippen LogP contribution in [0.2, 0.25) is 0 Å². The first-order valence-electron chi connectivity index (χ1n) is 7.91. The first kappa shape index (κ1) is 16.9. The number of nitrogens with zero attached hydrogens (tertiary/aromatic N) is 1.